The Morgan fingerprint density at radius 2 is 1.90 bits per heavy atom. The van der Waals surface area contributed by atoms with Gasteiger partial charge in [-0.3, -0.25) is 4.79 Å². The molecule has 1 aliphatic heterocycles. The molecule has 3 aromatic rings. The molecule has 2 aromatic carbocycles. The molecule has 29 heavy (non-hydrogen) atoms. The van der Waals surface area contributed by atoms with Crippen molar-refractivity contribution in [2.45, 2.75) is 6.54 Å². The van der Waals surface area contributed by atoms with E-state index >= 15 is 0 Å². The maximum atomic E-state index is 12.5. The molecule has 1 fully saturated rings. The normalized spacial score (nSPS) is 15.1. The van der Waals surface area contributed by atoms with Crippen LogP contribution >= 0.6 is 11.6 Å². The van der Waals surface area contributed by atoms with Crippen LogP contribution in [0.25, 0.3) is 11.8 Å². The summed E-state index contributed by atoms with van der Waals surface area (Å²) in [6.07, 6.45) is 7.17. The van der Waals surface area contributed by atoms with Gasteiger partial charge in [-0.1, -0.05) is 41.9 Å². The third-order valence-electron chi connectivity index (χ3n) is 5.17. The van der Waals surface area contributed by atoms with E-state index in [4.69, 9.17) is 11.6 Å². The number of carbonyl (C=O) groups is 1. The van der Waals surface area contributed by atoms with E-state index in [1.165, 1.54) is 10.5 Å². The van der Waals surface area contributed by atoms with E-state index in [9.17, 15) is 4.79 Å². The summed E-state index contributed by atoms with van der Waals surface area (Å²) in [5.74, 6) is 0.0549. The molecule has 1 saturated heterocycles. The van der Waals surface area contributed by atoms with Crippen LogP contribution in [0.4, 0.5) is 0 Å². The van der Waals surface area contributed by atoms with Gasteiger partial charge in [-0.2, -0.15) is 5.10 Å². The number of carbonyl (C=O) groups excluding carboxylic acids is 1. The second kappa shape index (κ2) is 9.07. The van der Waals surface area contributed by atoms with Crippen molar-refractivity contribution >= 4 is 23.6 Å². The van der Waals surface area contributed by atoms with E-state index < -0.39 is 0 Å². The van der Waals surface area contributed by atoms with Gasteiger partial charge in [0.2, 0.25) is 5.91 Å². The number of hydrogen-bond donors (Lipinski definition) is 1. The Balaban J connectivity index is 1.29. The van der Waals surface area contributed by atoms with Crippen LogP contribution in [-0.2, 0) is 11.3 Å². The number of amides is 1. The number of rotatable bonds is 5. The number of aromatic nitrogens is 2. The molecule has 148 valence electrons. The topological polar surface area (TPSA) is 42.6 Å². The van der Waals surface area contributed by atoms with E-state index in [2.05, 4.69) is 11.2 Å². The molecule has 0 saturated carbocycles. The third-order valence-corrected chi connectivity index (χ3v) is 5.40. The van der Waals surface area contributed by atoms with Crippen LogP contribution in [-0.4, -0.2) is 46.8 Å². The minimum atomic E-state index is 0.0549. The molecule has 1 N–H and O–H groups in total. The maximum absolute atomic E-state index is 12.5. The van der Waals surface area contributed by atoms with Gasteiger partial charge in [0.15, 0.2) is 0 Å². The van der Waals surface area contributed by atoms with Crippen LogP contribution < -0.4 is 4.90 Å². The minimum absolute atomic E-state index is 0.0549. The molecule has 5 nitrogen and oxygen atoms in total. The van der Waals surface area contributed by atoms with Crippen LogP contribution in [0.1, 0.15) is 11.1 Å². The van der Waals surface area contributed by atoms with Crippen molar-refractivity contribution in [3.05, 3.63) is 89.2 Å². The van der Waals surface area contributed by atoms with Gasteiger partial charge >= 0.3 is 0 Å². The zero-order chi connectivity index (χ0) is 20.1. The Kier molecular flexibility index (Phi) is 6.08. The fraction of sp³-hybridized carbons (Fsp3) is 0.217. The molecule has 0 unspecified atom stereocenters. The lowest BCUT2D eigenvalue weighted by Crippen LogP contribution is -3.13. The molecular formula is C23H24ClN4O+. The molecule has 0 atom stereocenters. The minimum Gasteiger partial charge on any atom is -0.328 e. The molecule has 0 radical (unpaired) electrons. The van der Waals surface area contributed by atoms with Crippen molar-refractivity contribution in [3.63, 3.8) is 0 Å². The molecule has 1 aromatic heterocycles. The molecule has 6 heteroatoms. The van der Waals surface area contributed by atoms with Gasteiger partial charge in [0.1, 0.15) is 6.54 Å². The van der Waals surface area contributed by atoms with E-state index in [0.717, 1.165) is 49.0 Å². The fourth-order valence-corrected chi connectivity index (χ4v) is 3.79. The molecule has 4 rings (SSSR count). The monoisotopic (exact) mass is 407 g/mol. The quantitative estimate of drug-likeness (QED) is 0.660. The first-order valence-electron chi connectivity index (χ1n) is 9.82. The number of nitrogens with one attached hydrogen (secondary N) is 1. The number of piperazine rings is 1. The van der Waals surface area contributed by atoms with E-state index in [0.29, 0.717) is 0 Å². The van der Waals surface area contributed by atoms with Gasteiger partial charge in [0.25, 0.3) is 0 Å². The average Bonchev–Trinajstić information content (AvgIpc) is 3.22. The Bertz CT molecular complexity index is 991. The van der Waals surface area contributed by atoms with Gasteiger partial charge in [-0.25, -0.2) is 4.68 Å². The molecule has 0 spiro atoms. The summed E-state index contributed by atoms with van der Waals surface area (Å²) in [6.45, 7) is 4.36. The number of hydrogen-bond acceptors (Lipinski definition) is 2. The zero-order valence-corrected chi connectivity index (χ0v) is 16.9. The second-order valence-corrected chi connectivity index (χ2v) is 7.71. The lowest BCUT2D eigenvalue weighted by atomic mass is 10.2. The number of nitrogens with zero attached hydrogens (tertiary/aromatic N) is 3. The van der Waals surface area contributed by atoms with Gasteiger partial charge in [0.05, 0.1) is 38.1 Å². The van der Waals surface area contributed by atoms with Crippen molar-refractivity contribution in [3.8, 4) is 5.69 Å². The smallest absolute Gasteiger partial charge is 0.246 e. The third kappa shape index (κ3) is 5.13. The van der Waals surface area contributed by atoms with Crippen LogP contribution in [0, 0.1) is 0 Å². The van der Waals surface area contributed by atoms with Gasteiger partial charge in [-0.15, -0.1) is 0 Å². The van der Waals surface area contributed by atoms with Crippen molar-refractivity contribution in [1.82, 2.24) is 14.7 Å². The highest BCUT2D eigenvalue weighted by atomic mass is 35.5. The number of benzene rings is 2. The van der Waals surface area contributed by atoms with Gasteiger partial charge in [0, 0.05) is 28.4 Å². The first-order valence-corrected chi connectivity index (χ1v) is 10.2. The Hall–Kier alpha value is -2.89. The van der Waals surface area contributed by atoms with E-state index in [1.807, 2.05) is 70.4 Å². The number of para-hydroxylation sites is 1. The average molecular weight is 408 g/mol. The molecule has 0 bridgehead atoms. The highest BCUT2D eigenvalue weighted by Gasteiger charge is 2.22. The molecule has 1 aliphatic rings. The summed E-state index contributed by atoms with van der Waals surface area (Å²) in [5.41, 5.74) is 3.15. The standard InChI is InChI=1S/C23H23ClN4O/c24-21-6-4-5-19(15-21)17-26-11-13-27(14-12-26)23(29)10-9-20-16-25-28(18-20)22-7-2-1-3-8-22/h1-10,15-16,18H,11-14,17H2/p+1/b10-9+. The highest BCUT2D eigenvalue weighted by Crippen LogP contribution is 2.10. The fourth-order valence-electron chi connectivity index (χ4n) is 3.57. The molecule has 1 amide bonds. The van der Waals surface area contributed by atoms with E-state index in [-0.39, 0.29) is 5.91 Å². The molecular weight excluding hydrogens is 384 g/mol. The zero-order valence-electron chi connectivity index (χ0n) is 16.2. The summed E-state index contributed by atoms with van der Waals surface area (Å²) in [6, 6.07) is 17.9. The lowest BCUT2D eigenvalue weighted by molar-refractivity contribution is -0.917. The van der Waals surface area contributed by atoms with Gasteiger partial charge in [-0.05, 0) is 30.3 Å². The van der Waals surface area contributed by atoms with Crippen molar-refractivity contribution < 1.29 is 9.69 Å². The SMILES string of the molecule is O=C(/C=C/c1cnn(-c2ccccc2)c1)N1CC[NH+](Cc2cccc(Cl)c2)CC1. The van der Waals surface area contributed by atoms with Crippen molar-refractivity contribution in [2.75, 3.05) is 26.2 Å². The van der Waals surface area contributed by atoms with Crippen LogP contribution in [0.5, 0.6) is 0 Å². The van der Waals surface area contributed by atoms with Crippen molar-refractivity contribution in [2.24, 2.45) is 0 Å². The van der Waals surface area contributed by atoms with Crippen LogP contribution in [0.3, 0.4) is 0 Å². The van der Waals surface area contributed by atoms with Crippen LogP contribution in [0.15, 0.2) is 73.1 Å². The highest BCUT2D eigenvalue weighted by molar-refractivity contribution is 6.30. The summed E-state index contributed by atoms with van der Waals surface area (Å²) in [4.78, 5) is 15.9. The predicted molar refractivity (Wildman–Crippen MR) is 115 cm³/mol. The second-order valence-electron chi connectivity index (χ2n) is 7.27. The number of quaternary nitrogens is 1. The van der Waals surface area contributed by atoms with Gasteiger partial charge < -0.3 is 9.80 Å². The lowest BCUT2D eigenvalue weighted by Gasteiger charge is -2.31. The summed E-state index contributed by atoms with van der Waals surface area (Å²) >= 11 is 6.07. The summed E-state index contributed by atoms with van der Waals surface area (Å²) in [7, 11) is 0. The van der Waals surface area contributed by atoms with Crippen molar-refractivity contribution in [1.29, 1.82) is 0 Å². The Morgan fingerprint density at radius 3 is 2.66 bits per heavy atom. The van der Waals surface area contributed by atoms with Crippen LogP contribution in [0.2, 0.25) is 5.02 Å². The maximum Gasteiger partial charge on any atom is 0.246 e. The van der Waals surface area contributed by atoms with E-state index in [1.54, 1.807) is 12.3 Å². The molecule has 0 aliphatic carbocycles. The molecule has 2 heterocycles. The first-order chi connectivity index (χ1) is 14.2. The summed E-state index contributed by atoms with van der Waals surface area (Å²) < 4.78 is 1.81. The number of halogens is 1. The first kappa shape index (κ1) is 19.4. The summed E-state index contributed by atoms with van der Waals surface area (Å²) in [5, 5.41) is 5.14. The Labute approximate surface area is 175 Å². The Morgan fingerprint density at radius 1 is 1.10 bits per heavy atom. The predicted octanol–water partition coefficient (Wildman–Crippen LogP) is 2.47. The largest absolute Gasteiger partial charge is 0.328 e.